The molecule has 0 fully saturated rings. The fraction of sp³-hybridized carbons (Fsp3) is 0.750. The number of hydrogen-bond donors (Lipinski definition) is 1. The Morgan fingerprint density at radius 2 is 2.16 bits per heavy atom. The molecule has 0 aromatic carbocycles. The molecule has 7 heteroatoms. The molecular formula is C12H24N4O2S. The minimum Gasteiger partial charge on any atom is -0.314 e. The fourth-order valence-electron chi connectivity index (χ4n) is 1.58. The average molecular weight is 288 g/mol. The SMILES string of the molecule is CCN(C)S(=O)(=O)c1cnn(CCCNC(C)C)c1. The first-order valence-electron chi connectivity index (χ1n) is 6.60. The van der Waals surface area contributed by atoms with Crippen LogP contribution in [0.25, 0.3) is 0 Å². The summed E-state index contributed by atoms with van der Waals surface area (Å²) in [6, 6.07) is 0.465. The lowest BCUT2D eigenvalue weighted by molar-refractivity contribution is 0.485. The van der Waals surface area contributed by atoms with Crippen LogP contribution in [-0.2, 0) is 16.6 Å². The van der Waals surface area contributed by atoms with Crippen molar-refractivity contribution in [2.75, 3.05) is 20.1 Å². The second kappa shape index (κ2) is 7.02. The minimum absolute atomic E-state index is 0.258. The van der Waals surface area contributed by atoms with Crippen molar-refractivity contribution in [3.8, 4) is 0 Å². The van der Waals surface area contributed by atoms with Gasteiger partial charge < -0.3 is 5.32 Å². The molecule has 6 nitrogen and oxygen atoms in total. The third kappa shape index (κ3) is 4.59. The largest absolute Gasteiger partial charge is 0.314 e. The molecule has 0 unspecified atom stereocenters. The predicted octanol–water partition coefficient (Wildman–Crippen LogP) is 0.912. The lowest BCUT2D eigenvalue weighted by Crippen LogP contribution is -2.26. The first-order chi connectivity index (χ1) is 8.87. The van der Waals surface area contributed by atoms with E-state index in [1.165, 1.54) is 10.5 Å². The zero-order valence-corrected chi connectivity index (χ0v) is 12.9. The maximum atomic E-state index is 12.1. The van der Waals surface area contributed by atoms with Crippen molar-refractivity contribution in [3.05, 3.63) is 12.4 Å². The number of nitrogens with zero attached hydrogens (tertiary/aromatic N) is 3. The van der Waals surface area contributed by atoms with Gasteiger partial charge in [-0.15, -0.1) is 0 Å². The molecule has 0 aliphatic carbocycles. The van der Waals surface area contributed by atoms with Gasteiger partial charge in [-0.05, 0) is 13.0 Å². The van der Waals surface area contributed by atoms with Gasteiger partial charge in [-0.3, -0.25) is 4.68 Å². The van der Waals surface area contributed by atoms with Gasteiger partial charge in [-0.2, -0.15) is 5.10 Å². The molecule has 1 heterocycles. The monoisotopic (exact) mass is 288 g/mol. The fourth-order valence-corrected chi connectivity index (χ4v) is 2.72. The van der Waals surface area contributed by atoms with Crippen molar-refractivity contribution in [1.82, 2.24) is 19.4 Å². The minimum atomic E-state index is -3.38. The third-order valence-electron chi connectivity index (χ3n) is 2.88. The maximum absolute atomic E-state index is 12.1. The van der Waals surface area contributed by atoms with Crippen LogP contribution in [0.15, 0.2) is 17.3 Å². The Morgan fingerprint density at radius 3 is 2.74 bits per heavy atom. The van der Waals surface area contributed by atoms with Gasteiger partial charge in [0, 0.05) is 32.4 Å². The van der Waals surface area contributed by atoms with Gasteiger partial charge in [0.25, 0.3) is 0 Å². The molecule has 0 radical (unpaired) electrons. The van der Waals surface area contributed by atoms with Crippen molar-refractivity contribution in [1.29, 1.82) is 0 Å². The van der Waals surface area contributed by atoms with E-state index >= 15 is 0 Å². The van der Waals surface area contributed by atoms with E-state index in [1.54, 1.807) is 24.9 Å². The van der Waals surface area contributed by atoms with Crippen LogP contribution in [0.1, 0.15) is 27.2 Å². The lowest BCUT2D eigenvalue weighted by atomic mass is 10.3. The molecule has 1 N–H and O–H groups in total. The molecule has 1 aromatic rings. The second-order valence-corrected chi connectivity index (χ2v) is 6.87. The molecule has 1 aromatic heterocycles. The van der Waals surface area contributed by atoms with Crippen molar-refractivity contribution < 1.29 is 8.42 Å². The van der Waals surface area contributed by atoms with Crippen LogP contribution in [0.3, 0.4) is 0 Å². The van der Waals surface area contributed by atoms with Gasteiger partial charge >= 0.3 is 0 Å². The van der Waals surface area contributed by atoms with Crippen LogP contribution < -0.4 is 5.32 Å². The summed E-state index contributed by atoms with van der Waals surface area (Å²) in [6.07, 6.45) is 3.93. The number of rotatable bonds is 8. The number of hydrogen-bond acceptors (Lipinski definition) is 4. The zero-order valence-electron chi connectivity index (χ0n) is 12.1. The second-order valence-electron chi connectivity index (χ2n) is 4.82. The highest BCUT2D eigenvalue weighted by Gasteiger charge is 2.20. The maximum Gasteiger partial charge on any atom is 0.245 e. The quantitative estimate of drug-likeness (QED) is 0.722. The molecule has 0 aliphatic rings. The smallest absolute Gasteiger partial charge is 0.245 e. The van der Waals surface area contributed by atoms with Crippen LogP contribution in [0, 0.1) is 0 Å². The molecule has 0 spiro atoms. The molecule has 0 bridgehead atoms. The first kappa shape index (κ1) is 16.1. The molecular weight excluding hydrogens is 264 g/mol. The van der Waals surface area contributed by atoms with Gasteiger partial charge in [-0.1, -0.05) is 20.8 Å². The summed E-state index contributed by atoms with van der Waals surface area (Å²) in [7, 11) is -1.81. The van der Waals surface area contributed by atoms with Crippen LogP contribution >= 0.6 is 0 Å². The van der Waals surface area contributed by atoms with E-state index in [2.05, 4.69) is 24.3 Å². The van der Waals surface area contributed by atoms with E-state index in [1.807, 2.05) is 0 Å². The first-order valence-corrected chi connectivity index (χ1v) is 8.04. The van der Waals surface area contributed by atoms with Gasteiger partial charge in [0.15, 0.2) is 0 Å². The molecule has 0 atom stereocenters. The number of aryl methyl sites for hydroxylation is 1. The highest BCUT2D eigenvalue weighted by atomic mass is 32.2. The van der Waals surface area contributed by atoms with Crippen molar-refractivity contribution in [2.45, 2.75) is 44.7 Å². The topological polar surface area (TPSA) is 67.2 Å². The van der Waals surface area contributed by atoms with Gasteiger partial charge in [0.2, 0.25) is 10.0 Å². The summed E-state index contributed by atoms with van der Waals surface area (Å²) in [6.45, 7) is 8.06. The molecule has 110 valence electrons. The number of sulfonamides is 1. The summed E-state index contributed by atoms with van der Waals surface area (Å²) < 4.78 is 27.1. The van der Waals surface area contributed by atoms with Gasteiger partial charge in [0.05, 0.1) is 6.20 Å². The van der Waals surface area contributed by atoms with Crippen molar-refractivity contribution in [3.63, 3.8) is 0 Å². The van der Waals surface area contributed by atoms with E-state index in [4.69, 9.17) is 0 Å². The van der Waals surface area contributed by atoms with Crippen molar-refractivity contribution >= 4 is 10.0 Å². The Hall–Kier alpha value is -0.920. The molecule has 0 saturated carbocycles. The van der Waals surface area contributed by atoms with Gasteiger partial charge in [-0.25, -0.2) is 12.7 Å². The number of nitrogens with one attached hydrogen (secondary N) is 1. The summed E-state index contributed by atoms with van der Waals surface area (Å²) in [5.41, 5.74) is 0. The Bertz CT molecular complexity index is 482. The van der Waals surface area contributed by atoms with E-state index in [9.17, 15) is 8.42 Å². The Labute approximate surface area is 115 Å². The highest BCUT2D eigenvalue weighted by molar-refractivity contribution is 7.89. The lowest BCUT2D eigenvalue weighted by Gasteiger charge is -2.12. The summed E-state index contributed by atoms with van der Waals surface area (Å²) in [5, 5.41) is 7.41. The van der Waals surface area contributed by atoms with Crippen LogP contribution in [0.4, 0.5) is 0 Å². The van der Waals surface area contributed by atoms with Crippen molar-refractivity contribution in [2.24, 2.45) is 0 Å². The third-order valence-corrected chi connectivity index (χ3v) is 4.77. The predicted molar refractivity (Wildman–Crippen MR) is 75.5 cm³/mol. The molecule has 19 heavy (non-hydrogen) atoms. The Morgan fingerprint density at radius 1 is 1.47 bits per heavy atom. The van der Waals surface area contributed by atoms with Gasteiger partial charge in [0.1, 0.15) is 4.90 Å². The van der Waals surface area contributed by atoms with E-state index in [0.717, 1.165) is 13.0 Å². The zero-order chi connectivity index (χ0) is 14.5. The highest BCUT2D eigenvalue weighted by Crippen LogP contribution is 2.12. The van der Waals surface area contributed by atoms with Crippen LogP contribution in [0.5, 0.6) is 0 Å². The summed E-state index contributed by atoms with van der Waals surface area (Å²) in [4.78, 5) is 0.258. The van der Waals surface area contributed by atoms with Crippen LogP contribution in [0.2, 0.25) is 0 Å². The normalized spacial score (nSPS) is 12.5. The molecule has 0 amide bonds. The van der Waals surface area contributed by atoms with Crippen LogP contribution in [-0.4, -0.2) is 48.7 Å². The molecule has 0 saturated heterocycles. The average Bonchev–Trinajstić information content (AvgIpc) is 2.82. The van der Waals surface area contributed by atoms with E-state index in [-0.39, 0.29) is 4.90 Å². The van der Waals surface area contributed by atoms with E-state index < -0.39 is 10.0 Å². The molecule has 1 rings (SSSR count). The molecule has 0 aliphatic heterocycles. The Balaban J connectivity index is 2.58. The summed E-state index contributed by atoms with van der Waals surface area (Å²) in [5.74, 6) is 0. The summed E-state index contributed by atoms with van der Waals surface area (Å²) >= 11 is 0. The number of aromatic nitrogens is 2. The van der Waals surface area contributed by atoms with E-state index in [0.29, 0.717) is 19.1 Å². The standard InChI is InChI=1S/C12H24N4O2S/c1-5-15(4)19(17,18)12-9-14-16(10-12)8-6-7-13-11(2)3/h9-11,13H,5-8H2,1-4H3. The Kier molecular flexibility index (Phi) is 5.96.